The third kappa shape index (κ3) is 4.80. The summed E-state index contributed by atoms with van der Waals surface area (Å²) in [6.45, 7) is 0.771. The second kappa shape index (κ2) is 8.75. The number of carboxylic acid groups (broad SMARTS) is 1. The monoisotopic (exact) mass is 404 g/mol. The molecule has 2 aromatic rings. The molecule has 6 nitrogen and oxygen atoms in total. The fourth-order valence-corrected chi connectivity index (χ4v) is 3.06. The van der Waals surface area contributed by atoms with Gasteiger partial charge in [-0.15, -0.1) is 0 Å². The molecule has 0 unspecified atom stereocenters. The minimum atomic E-state index is -1.24. The third-order valence-electron chi connectivity index (χ3n) is 4.32. The number of nitrogens with zero attached hydrogens (tertiary/aromatic N) is 1. The number of carbonyl (C=O) groups is 2. The van der Waals surface area contributed by atoms with Crippen molar-refractivity contribution in [3.63, 3.8) is 0 Å². The third-order valence-corrected chi connectivity index (χ3v) is 4.56. The van der Waals surface area contributed by atoms with Gasteiger partial charge in [-0.1, -0.05) is 17.7 Å². The van der Waals surface area contributed by atoms with Crippen LogP contribution in [0, 0.1) is 0 Å². The number of benzene rings is 2. The largest absolute Gasteiger partial charge is 0.489 e. The summed E-state index contributed by atoms with van der Waals surface area (Å²) in [4.78, 5) is 24.9. The molecular weight excluding hydrogens is 387 g/mol. The Morgan fingerprint density at radius 1 is 1.18 bits per heavy atom. The van der Waals surface area contributed by atoms with Crippen LogP contribution in [0.1, 0.15) is 21.5 Å². The van der Waals surface area contributed by atoms with E-state index in [1.807, 2.05) is 18.2 Å². The summed E-state index contributed by atoms with van der Waals surface area (Å²) in [5.74, 6) is 0.344. The Morgan fingerprint density at radius 3 is 2.57 bits per heavy atom. The summed E-state index contributed by atoms with van der Waals surface area (Å²) in [7, 11) is 0. The zero-order valence-electron chi connectivity index (χ0n) is 14.8. The number of rotatable bonds is 6. The zero-order valence-corrected chi connectivity index (χ0v) is 15.6. The number of amides is 2. The van der Waals surface area contributed by atoms with Gasteiger partial charge in [-0.3, -0.25) is 4.79 Å². The van der Waals surface area contributed by atoms with E-state index in [2.05, 4.69) is 5.32 Å². The molecule has 2 amide bonds. The lowest BCUT2D eigenvalue weighted by molar-refractivity contribution is 0.0751. The Kier molecular flexibility index (Phi) is 6.16. The summed E-state index contributed by atoms with van der Waals surface area (Å²) < 4.78 is 18.2. The maximum Gasteiger partial charge on any atom is 0.404 e. The zero-order chi connectivity index (χ0) is 20.1. The van der Waals surface area contributed by atoms with Gasteiger partial charge < -0.3 is 20.1 Å². The summed E-state index contributed by atoms with van der Waals surface area (Å²) in [5, 5.41) is 11.3. The smallest absolute Gasteiger partial charge is 0.404 e. The first-order chi connectivity index (χ1) is 13.5. The second-order valence-corrected chi connectivity index (χ2v) is 6.75. The molecule has 28 heavy (non-hydrogen) atoms. The standard InChI is InChI=1S/C20H18ClFN2O4/c21-17-4-1-15-10-24(11-16(15)7-17)19(25)14-2-5-18(6-3-14)28-12-13(8-22)9-23-20(26)27/h1-8,23H,9-12H2,(H,26,27)/b13-8+. The topological polar surface area (TPSA) is 78.9 Å². The van der Waals surface area contributed by atoms with Gasteiger partial charge in [0.05, 0.1) is 6.33 Å². The summed E-state index contributed by atoms with van der Waals surface area (Å²) >= 11 is 6.00. The molecule has 0 saturated heterocycles. The quantitative estimate of drug-likeness (QED) is 0.762. The first-order valence-electron chi connectivity index (χ1n) is 8.50. The van der Waals surface area contributed by atoms with Crippen molar-refractivity contribution in [2.24, 2.45) is 0 Å². The van der Waals surface area contributed by atoms with Crippen LogP contribution in [0.2, 0.25) is 5.02 Å². The molecule has 0 fully saturated rings. The predicted molar refractivity (Wildman–Crippen MR) is 102 cm³/mol. The molecule has 146 valence electrons. The van der Waals surface area contributed by atoms with Gasteiger partial charge in [-0.05, 0) is 47.5 Å². The average molecular weight is 405 g/mol. The van der Waals surface area contributed by atoms with Crippen LogP contribution in [0.3, 0.4) is 0 Å². The molecule has 1 aliphatic rings. The van der Waals surface area contributed by atoms with Crippen molar-refractivity contribution in [1.29, 1.82) is 0 Å². The highest BCUT2D eigenvalue weighted by Crippen LogP contribution is 2.27. The minimum absolute atomic E-state index is 0.103. The molecule has 3 rings (SSSR count). The van der Waals surface area contributed by atoms with Crippen molar-refractivity contribution in [3.05, 3.63) is 76.1 Å². The van der Waals surface area contributed by atoms with Gasteiger partial charge in [0.2, 0.25) is 0 Å². The summed E-state index contributed by atoms with van der Waals surface area (Å²) in [5.41, 5.74) is 2.79. The van der Waals surface area contributed by atoms with Crippen LogP contribution in [0.5, 0.6) is 5.75 Å². The van der Waals surface area contributed by atoms with Crippen molar-refractivity contribution < 1.29 is 23.8 Å². The molecule has 0 radical (unpaired) electrons. The van der Waals surface area contributed by atoms with Gasteiger partial charge in [-0.2, -0.15) is 0 Å². The van der Waals surface area contributed by atoms with Crippen LogP contribution in [0.25, 0.3) is 0 Å². The first kappa shape index (κ1) is 19.7. The number of nitrogens with one attached hydrogen (secondary N) is 1. The summed E-state index contributed by atoms with van der Waals surface area (Å²) in [6.07, 6.45) is -0.931. The Morgan fingerprint density at radius 2 is 1.89 bits per heavy atom. The van der Waals surface area contributed by atoms with E-state index >= 15 is 0 Å². The number of hydrogen-bond donors (Lipinski definition) is 2. The highest BCUT2D eigenvalue weighted by atomic mass is 35.5. The molecule has 1 heterocycles. The Bertz CT molecular complexity index is 915. The summed E-state index contributed by atoms with van der Waals surface area (Å²) in [6, 6.07) is 12.1. The van der Waals surface area contributed by atoms with E-state index < -0.39 is 6.09 Å². The lowest BCUT2D eigenvalue weighted by Gasteiger charge is -2.16. The second-order valence-electron chi connectivity index (χ2n) is 6.31. The number of fused-ring (bicyclic) bond motifs is 1. The fourth-order valence-electron chi connectivity index (χ4n) is 2.87. The average Bonchev–Trinajstić information content (AvgIpc) is 3.11. The first-order valence-corrected chi connectivity index (χ1v) is 8.88. The van der Waals surface area contributed by atoms with Crippen molar-refractivity contribution >= 4 is 23.6 Å². The maximum absolute atomic E-state index is 12.8. The molecule has 0 saturated carbocycles. The maximum atomic E-state index is 12.8. The number of halogens is 2. The van der Waals surface area contributed by atoms with E-state index in [1.54, 1.807) is 29.2 Å². The molecule has 1 aliphatic heterocycles. The van der Waals surface area contributed by atoms with Crippen molar-refractivity contribution in [2.75, 3.05) is 13.2 Å². The molecular formula is C20H18ClFN2O4. The van der Waals surface area contributed by atoms with E-state index in [0.29, 0.717) is 35.8 Å². The van der Waals surface area contributed by atoms with Crippen LogP contribution < -0.4 is 10.1 Å². The Balaban J connectivity index is 1.57. The van der Waals surface area contributed by atoms with Crippen molar-refractivity contribution in [1.82, 2.24) is 10.2 Å². The van der Waals surface area contributed by atoms with Gasteiger partial charge in [0.1, 0.15) is 12.4 Å². The van der Waals surface area contributed by atoms with Gasteiger partial charge in [-0.25, -0.2) is 9.18 Å². The van der Waals surface area contributed by atoms with Crippen LogP contribution in [-0.4, -0.2) is 35.2 Å². The number of ether oxygens (including phenoxy) is 1. The number of carbonyl (C=O) groups excluding carboxylic acids is 1. The van der Waals surface area contributed by atoms with Gasteiger partial charge >= 0.3 is 6.09 Å². The van der Waals surface area contributed by atoms with Crippen LogP contribution in [0.4, 0.5) is 9.18 Å². The Hall–Kier alpha value is -3.06. The van der Waals surface area contributed by atoms with E-state index in [-0.39, 0.29) is 24.6 Å². The van der Waals surface area contributed by atoms with Gasteiger partial charge in [0.15, 0.2) is 0 Å². The lowest BCUT2D eigenvalue weighted by Crippen LogP contribution is -2.25. The molecule has 2 aromatic carbocycles. The van der Waals surface area contributed by atoms with Gasteiger partial charge in [0.25, 0.3) is 5.91 Å². The highest BCUT2D eigenvalue weighted by molar-refractivity contribution is 6.30. The molecule has 0 spiro atoms. The van der Waals surface area contributed by atoms with Crippen molar-refractivity contribution in [3.8, 4) is 5.75 Å². The van der Waals surface area contributed by atoms with E-state index in [1.165, 1.54) is 0 Å². The van der Waals surface area contributed by atoms with E-state index in [9.17, 15) is 14.0 Å². The molecule has 0 bridgehead atoms. The molecule has 8 heteroatoms. The normalized spacial score (nSPS) is 13.2. The molecule has 2 N–H and O–H groups in total. The minimum Gasteiger partial charge on any atom is -0.489 e. The van der Waals surface area contributed by atoms with Crippen LogP contribution in [-0.2, 0) is 13.1 Å². The number of hydrogen-bond acceptors (Lipinski definition) is 3. The highest BCUT2D eigenvalue weighted by Gasteiger charge is 2.24. The van der Waals surface area contributed by atoms with Crippen LogP contribution >= 0.6 is 11.6 Å². The SMILES string of the molecule is O=C(O)NC/C(=C\F)COc1ccc(C(=O)N2Cc3ccc(Cl)cc3C2)cc1. The van der Waals surface area contributed by atoms with Gasteiger partial charge in [0, 0.05) is 35.8 Å². The molecule has 0 atom stereocenters. The molecule has 0 aliphatic carbocycles. The van der Waals surface area contributed by atoms with E-state index in [4.69, 9.17) is 21.4 Å². The Labute approximate surface area is 166 Å². The fraction of sp³-hybridized carbons (Fsp3) is 0.200. The van der Waals surface area contributed by atoms with E-state index in [0.717, 1.165) is 11.1 Å². The van der Waals surface area contributed by atoms with Crippen LogP contribution in [0.15, 0.2) is 54.4 Å². The van der Waals surface area contributed by atoms with Crippen molar-refractivity contribution in [2.45, 2.75) is 13.1 Å². The predicted octanol–water partition coefficient (Wildman–Crippen LogP) is 4.00. The molecule has 0 aromatic heterocycles. The lowest BCUT2D eigenvalue weighted by atomic mass is 10.1.